The highest BCUT2D eigenvalue weighted by atomic mass is 16.2. The number of amides is 1. The molecular formula is C17H13N7O. The molecule has 0 bridgehead atoms. The molecular weight excluding hydrogens is 318 g/mol. The van der Waals surface area contributed by atoms with Gasteiger partial charge in [-0.05, 0) is 13.0 Å². The molecule has 0 saturated heterocycles. The minimum absolute atomic E-state index is 0.0361. The molecule has 1 aromatic carbocycles. The number of carbonyl (C=O) groups excluding carboxylic acids is 1. The van der Waals surface area contributed by atoms with Crippen molar-refractivity contribution >= 4 is 17.4 Å². The van der Waals surface area contributed by atoms with Crippen LogP contribution in [0.2, 0.25) is 0 Å². The Labute approximate surface area is 142 Å². The van der Waals surface area contributed by atoms with Crippen molar-refractivity contribution in [3.63, 3.8) is 0 Å². The standard InChI is InChI=1S/C17H13N7O/c1-11-7-8-18-17-22-15(23-24(11)17)16(25)21-13-9-19-14(20-10-13)12-5-3-2-4-6-12/h2-10H,1H3,(H,21,25). The molecule has 1 amide bonds. The van der Waals surface area contributed by atoms with Gasteiger partial charge in [-0.25, -0.2) is 19.5 Å². The number of nitrogens with one attached hydrogen (secondary N) is 1. The zero-order valence-electron chi connectivity index (χ0n) is 13.3. The lowest BCUT2D eigenvalue weighted by Gasteiger charge is -2.03. The highest BCUT2D eigenvalue weighted by Gasteiger charge is 2.15. The second-order valence-corrected chi connectivity index (χ2v) is 5.35. The van der Waals surface area contributed by atoms with Crippen molar-refractivity contribution in [1.29, 1.82) is 0 Å². The first-order valence-corrected chi connectivity index (χ1v) is 7.58. The Morgan fingerprint density at radius 2 is 1.80 bits per heavy atom. The Morgan fingerprint density at radius 1 is 1.04 bits per heavy atom. The van der Waals surface area contributed by atoms with Crippen LogP contribution in [0, 0.1) is 6.92 Å². The van der Waals surface area contributed by atoms with Crippen molar-refractivity contribution in [2.45, 2.75) is 6.92 Å². The number of hydrogen-bond donors (Lipinski definition) is 1. The summed E-state index contributed by atoms with van der Waals surface area (Å²) in [6.07, 6.45) is 4.72. The minimum atomic E-state index is -0.444. The van der Waals surface area contributed by atoms with Gasteiger partial charge in [0.25, 0.3) is 11.7 Å². The van der Waals surface area contributed by atoms with E-state index < -0.39 is 5.91 Å². The minimum Gasteiger partial charge on any atom is -0.317 e. The zero-order valence-corrected chi connectivity index (χ0v) is 13.3. The Balaban J connectivity index is 1.55. The van der Waals surface area contributed by atoms with E-state index >= 15 is 0 Å². The molecule has 8 nitrogen and oxygen atoms in total. The molecule has 0 aliphatic rings. The summed E-state index contributed by atoms with van der Waals surface area (Å²) in [6.45, 7) is 1.86. The van der Waals surface area contributed by atoms with Crippen LogP contribution < -0.4 is 5.32 Å². The third-order valence-corrected chi connectivity index (χ3v) is 3.57. The first-order valence-electron chi connectivity index (χ1n) is 7.58. The molecule has 0 aliphatic carbocycles. The van der Waals surface area contributed by atoms with Crippen LogP contribution in [0.25, 0.3) is 17.2 Å². The monoisotopic (exact) mass is 331 g/mol. The van der Waals surface area contributed by atoms with Crippen molar-refractivity contribution in [3.05, 3.63) is 66.5 Å². The van der Waals surface area contributed by atoms with E-state index in [4.69, 9.17) is 0 Å². The van der Waals surface area contributed by atoms with E-state index in [2.05, 4.69) is 30.4 Å². The Bertz CT molecular complexity index is 1040. The quantitative estimate of drug-likeness (QED) is 0.617. The maximum atomic E-state index is 12.3. The molecule has 1 N–H and O–H groups in total. The Morgan fingerprint density at radius 3 is 2.52 bits per heavy atom. The van der Waals surface area contributed by atoms with Gasteiger partial charge >= 0.3 is 0 Å². The van der Waals surface area contributed by atoms with Crippen LogP contribution in [0.4, 0.5) is 5.69 Å². The van der Waals surface area contributed by atoms with Crippen LogP contribution >= 0.6 is 0 Å². The average molecular weight is 331 g/mol. The van der Waals surface area contributed by atoms with Gasteiger partial charge in [0.2, 0.25) is 5.82 Å². The Kier molecular flexibility index (Phi) is 3.62. The molecule has 3 heterocycles. The summed E-state index contributed by atoms with van der Waals surface area (Å²) in [6, 6.07) is 11.4. The molecule has 0 spiro atoms. The number of anilines is 1. The second-order valence-electron chi connectivity index (χ2n) is 5.35. The topological polar surface area (TPSA) is 98.0 Å². The number of hydrogen-bond acceptors (Lipinski definition) is 6. The zero-order chi connectivity index (χ0) is 17.2. The lowest BCUT2D eigenvalue weighted by atomic mass is 10.2. The first kappa shape index (κ1) is 14.9. The molecule has 0 aliphatic heterocycles. The number of fused-ring (bicyclic) bond motifs is 1. The molecule has 3 aromatic heterocycles. The van der Waals surface area contributed by atoms with E-state index in [1.54, 1.807) is 24.7 Å². The summed E-state index contributed by atoms with van der Waals surface area (Å²) in [7, 11) is 0. The van der Waals surface area contributed by atoms with Crippen molar-refractivity contribution in [1.82, 2.24) is 29.5 Å². The fourth-order valence-electron chi connectivity index (χ4n) is 2.32. The summed E-state index contributed by atoms with van der Waals surface area (Å²) < 4.78 is 1.52. The third kappa shape index (κ3) is 2.92. The van der Waals surface area contributed by atoms with Gasteiger partial charge in [-0.3, -0.25) is 4.79 Å². The predicted octanol–water partition coefficient (Wildman–Crippen LogP) is 2.14. The maximum Gasteiger partial charge on any atom is 0.295 e. The molecule has 25 heavy (non-hydrogen) atoms. The van der Waals surface area contributed by atoms with Gasteiger partial charge in [-0.2, -0.15) is 4.98 Å². The number of aromatic nitrogens is 6. The highest BCUT2D eigenvalue weighted by Crippen LogP contribution is 2.15. The van der Waals surface area contributed by atoms with E-state index in [-0.39, 0.29) is 5.82 Å². The fraction of sp³-hybridized carbons (Fsp3) is 0.0588. The van der Waals surface area contributed by atoms with E-state index in [0.717, 1.165) is 11.3 Å². The van der Waals surface area contributed by atoms with Crippen LogP contribution in [0.3, 0.4) is 0 Å². The first-order chi connectivity index (χ1) is 12.2. The molecule has 0 radical (unpaired) electrons. The van der Waals surface area contributed by atoms with Gasteiger partial charge in [-0.15, -0.1) is 5.10 Å². The number of benzene rings is 1. The second kappa shape index (κ2) is 6.08. The normalized spacial score (nSPS) is 10.8. The summed E-state index contributed by atoms with van der Waals surface area (Å²) >= 11 is 0. The Hall–Kier alpha value is -3.68. The maximum absolute atomic E-state index is 12.3. The van der Waals surface area contributed by atoms with Gasteiger partial charge in [0, 0.05) is 17.5 Å². The summed E-state index contributed by atoms with van der Waals surface area (Å²) in [5.41, 5.74) is 2.21. The predicted molar refractivity (Wildman–Crippen MR) is 90.9 cm³/mol. The fourth-order valence-corrected chi connectivity index (χ4v) is 2.32. The lowest BCUT2D eigenvalue weighted by molar-refractivity contribution is 0.101. The lowest BCUT2D eigenvalue weighted by Crippen LogP contribution is -2.14. The molecule has 122 valence electrons. The summed E-state index contributed by atoms with van der Waals surface area (Å²) in [5, 5.41) is 6.85. The smallest absolute Gasteiger partial charge is 0.295 e. The largest absolute Gasteiger partial charge is 0.317 e. The number of nitrogens with zero attached hydrogens (tertiary/aromatic N) is 6. The summed E-state index contributed by atoms with van der Waals surface area (Å²) in [4.78, 5) is 29.1. The van der Waals surface area contributed by atoms with Gasteiger partial charge in [0.15, 0.2) is 5.82 Å². The van der Waals surface area contributed by atoms with E-state index in [0.29, 0.717) is 17.3 Å². The molecule has 8 heteroatoms. The van der Waals surface area contributed by atoms with Crippen LogP contribution in [0.15, 0.2) is 55.0 Å². The van der Waals surface area contributed by atoms with Crippen molar-refractivity contribution in [2.75, 3.05) is 5.32 Å². The number of rotatable bonds is 3. The molecule has 0 saturated carbocycles. The van der Waals surface area contributed by atoms with E-state index in [1.807, 2.05) is 37.3 Å². The third-order valence-electron chi connectivity index (χ3n) is 3.57. The van der Waals surface area contributed by atoms with Crippen molar-refractivity contribution in [3.8, 4) is 11.4 Å². The number of carbonyl (C=O) groups is 1. The molecule has 0 atom stereocenters. The van der Waals surface area contributed by atoms with Gasteiger partial charge in [0.1, 0.15) is 0 Å². The van der Waals surface area contributed by atoms with Crippen molar-refractivity contribution < 1.29 is 4.79 Å². The molecule has 4 aromatic rings. The molecule has 0 unspecified atom stereocenters. The SMILES string of the molecule is Cc1ccnc2nc(C(=O)Nc3cnc(-c4ccccc4)nc3)nn12. The van der Waals surface area contributed by atoms with E-state index in [1.165, 1.54) is 4.52 Å². The van der Waals surface area contributed by atoms with E-state index in [9.17, 15) is 4.79 Å². The summed E-state index contributed by atoms with van der Waals surface area (Å²) in [5.74, 6) is 0.556. The van der Waals surface area contributed by atoms with Crippen LogP contribution in [-0.2, 0) is 0 Å². The highest BCUT2D eigenvalue weighted by molar-refractivity contribution is 6.01. The molecule has 0 fully saturated rings. The average Bonchev–Trinajstić information content (AvgIpc) is 3.09. The van der Waals surface area contributed by atoms with Crippen LogP contribution in [0.5, 0.6) is 0 Å². The van der Waals surface area contributed by atoms with Gasteiger partial charge in [0.05, 0.1) is 18.1 Å². The van der Waals surface area contributed by atoms with Gasteiger partial charge in [-0.1, -0.05) is 30.3 Å². The van der Waals surface area contributed by atoms with Crippen molar-refractivity contribution in [2.24, 2.45) is 0 Å². The van der Waals surface area contributed by atoms with Gasteiger partial charge < -0.3 is 5.32 Å². The van der Waals surface area contributed by atoms with Crippen LogP contribution in [0.1, 0.15) is 16.3 Å². The molecule has 4 rings (SSSR count). The number of aryl methyl sites for hydroxylation is 1. The van der Waals surface area contributed by atoms with Crippen LogP contribution in [-0.4, -0.2) is 35.5 Å².